The summed E-state index contributed by atoms with van der Waals surface area (Å²) in [7, 11) is 4.48. The van der Waals surface area contributed by atoms with Crippen molar-refractivity contribution in [3.63, 3.8) is 0 Å². The summed E-state index contributed by atoms with van der Waals surface area (Å²) in [6.45, 7) is 7.13. The lowest BCUT2D eigenvalue weighted by Gasteiger charge is -2.48. The Balaban J connectivity index is 2.05. The van der Waals surface area contributed by atoms with Crippen molar-refractivity contribution in [2.75, 3.05) is 27.2 Å². The van der Waals surface area contributed by atoms with Crippen LogP contribution in [0.25, 0.3) is 0 Å². The summed E-state index contributed by atoms with van der Waals surface area (Å²) in [6, 6.07) is 11.8. The second-order valence-electron chi connectivity index (χ2n) is 6.82. The summed E-state index contributed by atoms with van der Waals surface area (Å²) in [5.41, 5.74) is 1.71. The lowest BCUT2D eigenvalue weighted by molar-refractivity contribution is 0.0361. The van der Waals surface area contributed by atoms with Gasteiger partial charge < -0.3 is 4.90 Å². The Kier molecular flexibility index (Phi) is 5.83. The average molecular weight is 288 g/mol. The number of piperidine rings is 1. The maximum Gasteiger partial charge on any atom is 0.0479 e. The Bertz CT molecular complexity index is 405. The van der Waals surface area contributed by atoms with Gasteiger partial charge in [0.15, 0.2) is 0 Å². The minimum atomic E-state index is 0.224. The SMILES string of the molecule is CCCCC(C)N1CCC(c2ccccc2)(N(C)C)CC1. The molecule has 2 rings (SSSR count). The molecule has 1 atom stereocenters. The molecule has 1 aliphatic rings. The maximum absolute atomic E-state index is 2.69. The number of likely N-dealkylation sites (tertiary alicyclic amines) is 1. The van der Waals surface area contributed by atoms with Gasteiger partial charge in [-0.25, -0.2) is 0 Å². The topological polar surface area (TPSA) is 6.48 Å². The number of rotatable bonds is 6. The lowest BCUT2D eigenvalue weighted by Crippen LogP contribution is -2.52. The van der Waals surface area contributed by atoms with E-state index < -0.39 is 0 Å². The summed E-state index contributed by atoms with van der Waals surface area (Å²) >= 11 is 0. The zero-order valence-electron chi connectivity index (χ0n) is 14.3. The smallest absolute Gasteiger partial charge is 0.0479 e. The zero-order valence-corrected chi connectivity index (χ0v) is 14.3. The summed E-state index contributed by atoms with van der Waals surface area (Å²) in [4.78, 5) is 5.14. The fourth-order valence-corrected chi connectivity index (χ4v) is 3.76. The third-order valence-corrected chi connectivity index (χ3v) is 5.39. The van der Waals surface area contributed by atoms with Gasteiger partial charge in [0.25, 0.3) is 0 Å². The first-order chi connectivity index (χ1) is 10.1. The van der Waals surface area contributed by atoms with Crippen LogP contribution in [0.1, 0.15) is 51.5 Å². The van der Waals surface area contributed by atoms with Gasteiger partial charge >= 0.3 is 0 Å². The van der Waals surface area contributed by atoms with Crippen molar-refractivity contribution in [1.82, 2.24) is 9.80 Å². The molecule has 2 heteroatoms. The van der Waals surface area contributed by atoms with Gasteiger partial charge in [-0.05, 0) is 45.8 Å². The molecular formula is C19H32N2. The normalized spacial score (nSPS) is 20.6. The molecule has 0 radical (unpaired) electrons. The molecule has 1 heterocycles. The highest BCUT2D eigenvalue weighted by molar-refractivity contribution is 5.25. The van der Waals surface area contributed by atoms with Gasteiger partial charge in [-0.3, -0.25) is 4.90 Å². The van der Waals surface area contributed by atoms with Crippen LogP contribution in [0.4, 0.5) is 0 Å². The number of nitrogens with zero attached hydrogens (tertiary/aromatic N) is 2. The summed E-state index contributed by atoms with van der Waals surface area (Å²) < 4.78 is 0. The molecule has 2 nitrogen and oxygen atoms in total. The van der Waals surface area contributed by atoms with E-state index in [2.05, 4.69) is 68.1 Å². The van der Waals surface area contributed by atoms with E-state index in [1.54, 1.807) is 0 Å². The van der Waals surface area contributed by atoms with Crippen LogP contribution in [0, 0.1) is 0 Å². The summed E-state index contributed by atoms with van der Waals surface area (Å²) in [5, 5.41) is 0. The minimum Gasteiger partial charge on any atom is -0.300 e. The molecule has 1 fully saturated rings. The molecule has 0 N–H and O–H groups in total. The Morgan fingerprint density at radius 3 is 2.29 bits per heavy atom. The summed E-state index contributed by atoms with van der Waals surface area (Å²) in [6.07, 6.45) is 6.48. The predicted octanol–water partition coefficient (Wildman–Crippen LogP) is 4.12. The third kappa shape index (κ3) is 3.67. The largest absolute Gasteiger partial charge is 0.300 e. The fraction of sp³-hybridized carbons (Fsp3) is 0.684. The quantitative estimate of drug-likeness (QED) is 0.777. The van der Waals surface area contributed by atoms with Crippen LogP contribution in [0.15, 0.2) is 30.3 Å². The van der Waals surface area contributed by atoms with Crippen LogP contribution in [-0.2, 0) is 5.54 Å². The third-order valence-electron chi connectivity index (χ3n) is 5.39. The number of hydrogen-bond acceptors (Lipinski definition) is 2. The second-order valence-corrected chi connectivity index (χ2v) is 6.82. The average Bonchev–Trinajstić information content (AvgIpc) is 2.53. The van der Waals surface area contributed by atoms with Crippen molar-refractivity contribution < 1.29 is 0 Å². The van der Waals surface area contributed by atoms with Crippen LogP contribution in [0.5, 0.6) is 0 Å². The molecule has 0 bridgehead atoms. The van der Waals surface area contributed by atoms with Crippen molar-refractivity contribution >= 4 is 0 Å². The lowest BCUT2D eigenvalue weighted by atomic mass is 9.79. The van der Waals surface area contributed by atoms with E-state index in [1.165, 1.54) is 50.8 Å². The molecule has 118 valence electrons. The van der Waals surface area contributed by atoms with E-state index in [0.29, 0.717) is 0 Å². The first-order valence-electron chi connectivity index (χ1n) is 8.57. The zero-order chi connectivity index (χ0) is 15.3. The Hall–Kier alpha value is -0.860. The molecule has 1 aromatic rings. The molecule has 21 heavy (non-hydrogen) atoms. The van der Waals surface area contributed by atoms with Crippen molar-refractivity contribution in [3.05, 3.63) is 35.9 Å². The highest BCUT2D eigenvalue weighted by atomic mass is 15.2. The van der Waals surface area contributed by atoms with Gasteiger partial charge in [0.05, 0.1) is 0 Å². The Labute approximate surface area is 131 Å². The Morgan fingerprint density at radius 2 is 1.76 bits per heavy atom. The molecule has 0 saturated carbocycles. The molecule has 0 amide bonds. The van der Waals surface area contributed by atoms with Crippen molar-refractivity contribution in [2.24, 2.45) is 0 Å². The molecule has 0 aliphatic carbocycles. The minimum absolute atomic E-state index is 0.224. The van der Waals surface area contributed by atoms with Gasteiger partial charge in [0, 0.05) is 24.7 Å². The van der Waals surface area contributed by atoms with Crippen LogP contribution in [0.3, 0.4) is 0 Å². The second kappa shape index (κ2) is 7.42. The number of benzene rings is 1. The van der Waals surface area contributed by atoms with E-state index >= 15 is 0 Å². The van der Waals surface area contributed by atoms with Gasteiger partial charge in [-0.2, -0.15) is 0 Å². The van der Waals surface area contributed by atoms with Gasteiger partial charge in [0.2, 0.25) is 0 Å². The van der Waals surface area contributed by atoms with Gasteiger partial charge in [-0.15, -0.1) is 0 Å². The first kappa shape index (κ1) is 16.5. The van der Waals surface area contributed by atoms with Gasteiger partial charge in [-0.1, -0.05) is 50.1 Å². The van der Waals surface area contributed by atoms with Crippen LogP contribution in [0.2, 0.25) is 0 Å². The molecule has 1 unspecified atom stereocenters. The van der Waals surface area contributed by atoms with Crippen molar-refractivity contribution in [2.45, 2.75) is 57.5 Å². The van der Waals surface area contributed by atoms with Gasteiger partial charge in [0.1, 0.15) is 0 Å². The molecule has 1 aromatic carbocycles. The van der Waals surface area contributed by atoms with E-state index in [-0.39, 0.29) is 5.54 Å². The van der Waals surface area contributed by atoms with E-state index in [4.69, 9.17) is 0 Å². The molecule has 1 aliphatic heterocycles. The summed E-state index contributed by atoms with van der Waals surface area (Å²) in [5.74, 6) is 0. The van der Waals surface area contributed by atoms with Crippen LogP contribution in [-0.4, -0.2) is 43.0 Å². The molecule has 1 saturated heterocycles. The van der Waals surface area contributed by atoms with Crippen LogP contribution < -0.4 is 0 Å². The van der Waals surface area contributed by atoms with E-state index in [9.17, 15) is 0 Å². The number of unbranched alkanes of at least 4 members (excludes halogenated alkanes) is 1. The highest BCUT2D eigenvalue weighted by Crippen LogP contribution is 2.37. The fourth-order valence-electron chi connectivity index (χ4n) is 3.76. The van der Waals surface area contributed by atoms with E-state index in [1.807, 2.05) is 0 Å². The van der Waals surface area contributed by atoms with E-state index in [0.717, 1.165) is 6.04 Å². The highest BCUT2D eigenvalue weighted by Gasteiger charge is 2.38. The Morgan fingerprint density at radius 1 is 1.14 bits per heavy atom. The van der Waals surface area contributed by atoms with Crippen molar-refractivity contribution in [3.8, 4) is 0 Å². The number of hydrogen-bond donors (Lipinski definition) is 0. The monoisotopic (exact) mass is 288 g/mol. The standard InChI is InChI=1S/C19H32N2/c1-5-6-10-17(2)21-15-13-19(14-16-21,20(3)4)18-11-8-7-9-12-18/h7-9,11-12,17H,5-6,10,13-16H2,1-4H3. The molecular weight excluding hydrogens is 256 g/mol. The molecule has 0 aromatic heterocycles. The van der Waals surface area contributed by atoms with Crippen LogP contribution >= 0.6 is 0 Å². The predicted molar refractivity (Wildman–Crippen MR) is 91.6 cm³/mol. The molecule has 0 spiro atoms. The van der Waals surface area contributed by atoms with Crippen molar-refractivity contribution in [1.29, 1.82) is 0 Å². The maximum atomic E-state index is 2.69. The first-order valence-corrected chi connectivity index (χ1v) is 8.57.